The van der Waals surface area contributed by atoms with Crippen LogP contribution >= 0.6 is 47.0 Å². The van der Waals surface area contributed by atoms with Crippen LogP contribution in [-0.4, -0.2) is 175 Å². The number of aromatic nitrogens is 4. The number of nitro benzene ring substituents is 1. The van der Waals surface area contributed by atoms with Gasteiger partial charge in [0.25, 0.3) is 5.69 Å². The molecule has 3 aromatic rings. The third-order valence-electron chi connectivity index (χ3n) is 10.5. The van der Waals surface area contributed by atoms with E-state index in [-0.39, 0.29) is 66.5 Å². The lowest BCUT2D eigenvalue weighted by atomic mass is 9.87. The Morgan fingerprint density at radius 3 is 2.27 bits per heavy atom. The Morgan fingerprint density at radius 1 is 0.948 bits per heavy atom. The molecule has 39 heteroatoms. The van der Waals surface area contributed by atoms with Crippen molar-refractivity contribution in [2.24, 2.45) is 11.1 Å². The van der Waals surface area contributed by atoms with E-state index in [9.17, 15) is 82.4 Å². The number of phosphoric ester groups is 3. The molecule has 77 heavy (non-hydrogen) atoms. The van der Waals surface area contributed by atoms with Crippen molar-refractivity contribution in [3.8, 4) is 0 Å². The number of nitrogen functional groups attached to an aromatic ring is 1. The fraction of sp³-hybridized carbons (Fsp3) is 0.553. The second-order valence-corrected chi connectivity index (χ2v) is 23.4. The first-order chi connectivity index (χ1) is 35.9. The van der Waals surface area contributed by atoms with Gasteiger partial charge in [0.1, 0.15) is 48.8 Å². The number of carboxylic acid groups (broad SMARTS) is 1. The number of imidazole rings is 1. The molecule has 0 bridgehead atoms. The Bertz CT molecular complexity index is 2740. The second-order valence-electron chi connectivity index (χ2n) is 17.1. The predicted molar refractivity (Wildman–Crippen MR) is 266 cm³/mol. The molecule has 4 rings (SSSR count). The molecule has 0 aliphatic carbocycles. The molecule has 1 saturated heterocycles. The van der Waals surface area contributed by atoms with Gasteiger partial charge in [-0.2, -0.15) is 16.1 Å². The van der Waals surface area contributed by atoms with Gasteiger partial charge < -0.3 is 72.4 Å². The summed E-state index contributed by atoms with van der Waals surface area (Å²) >= 11 is 1.95. The number of hydrogen-bond acceptors (Lipinski definition) is 25. The van der Waals surface area contributed by atoms with Crippen LogP contribution in [0, 0.1) is 15.5 Å². The molecule has 0 saturated carbocycles. The molecule has 0 radical (unpaired) electrons. The molecular formula is C38H56N11O23P3S2. The third-order valence-corrected chi connectivity index (χ3v) is 15.7. The summed E-state index contributed by atoms with van der Waals surface area (Å²) in [6.07, 6.45) is -7.81. The molecule has 1 fully saturated rings. The van der Waals surface area contributed by atoms with Gasteiger partial charge in [0.2, 0.25) is 28.7 Å². The van der Waals surface area contributed by atoms with E-state index in [4.69, 9.17) is 30.4 Å². The second kappa shape index (κ2) is 28.7. The molecule has 4 amide bonds. The number of ether oxygens (including phenoxy) is 1. The number of carbonyl (C=O) groups is 6. The number of thioether (sulfide) groups is 2. The Balaban J connectivity index is 1.14. The number of aliphatic hydroxyl groups excluding tert-OH is 2. The highest BCUT2D eigenvalue weighted by Gasteiger charge is 2.50. The van der Waals surface area contributed by atoms with Gasteiger partial charge in [0.05, 0.1) is 30.5 Å². The molecule has 428 valence electrons. The molecule has 2 aromatic heterocycles. The lowest BCUT2D eigenvalue weighted by molar-refractivity contribution is -0.384. The van der Waals surface area contributed by atoms with E-state index in [1.54, 1.807) is 0 Å². The monoisotopic (exact) mass is 1190 g/mol. The maximum Gasteiger partial charge on any atom is 0.481 e. The fourth-order valence-electron chi connectivity index (χ4n) is 6.54. The number of nitrogens with one attached hydrogen (secondary N) is 4. The van der Waals surface area contributed by atoms with Crippen molar-refractivity contribution < 1.29 is 105 Å². The number of rotatable bonds is 32. The number of amides is 4. The topological polar surface area (TPSA) is 528 Å². The van der Waals surface area contributed by atoms with Crippen molar-refractivity contribution >= 4 is 104 Å². The minimum absolute atomic E-state index is 0.000212. The van der Waals surface area contributed by atoms with Gasteiger partial charge in [0.15, 0.2) is 17.7 Å². The smallest absolute Gasteiger partial charge is 0.480 e. The summed E-state index contributed by atoms with van der Waals surface area (Å²) in [4.78, 5) is 136. The molecule has 1 aliphatic heterocycles. The van der Waals surface area contributed by atoms with Gasteiger partial charge in [-0.3, -0.25) is 57.0 Å². The van der Waals surface area contributed by atoms with Crippen molar-refractivity contribution in [1.82, 2.24) is 40.8 Å². The van der Waals surface area contributed by atoms with Gasteiger partial charge in [-0.1, -0.05) is 37.7 Å². The summed E-state index contributed by atoms with van der Waals surface area (Å²) in [5.41, 5.74) is 10.6. The van der Waals surface area contributed by atoms with Crippen LogP contribution in [0.3, 0.4) is 0 Å². The van der Waals surface area contributed by atoms with E-state index >= 15 is 0 Å². The van der Waals surface area contributed by atoms with Crippen LogP contribution in [0.4, 0.5) is 11.5 Å². The Kier molecular flexibility index (Phi) is 24.0. The maximum atomic E-state index is 12.8. The highest BCUT2D eigenvalue weighted by molar-refractivity contribution is 8.13. The molecule has 1 aliphatic rings. The fourth-order valence-corrected chi connectivity index (χ4v) is 11.1. The molecule has 1 aromatic carbocycles. The first-order valence-corrected chi connectivity index (χ1v) is 29.0. The summed E-state index contributed by atoms with van der Waals surface area (Å²) in [7, 11) is -16.6. The number of non-ortho nitro benzene ring substituents is 1. The summed E-state index contributed by atoms with van der Waals surface area (Å²) in [5.74, 6) is -4.14. The SMILES string of the molecule is CC(C)(COP(=O)(O)OP(=O)(O)OCC1OC(n2cnc3c(N)ncnc32)C(O)C1OP(=O)(O)O)C(O)C(=O)NCCC(=O)NCCSC(=O)C(N)CCC(=O)NC(CSCc1ccc([N+](=O)[O-])cc1)C(=O)NCC(=O)O. The lowest BCUT2D eigenvalue weighted by Gasteiger charge is -2.30. The highest BCUT2D eigenvalue weighted by atomic mass is 32.2. The first-order valence-electron chi connectivity index (χ1n) is 22.3. The van der Waals surface area contributed by atoms with E-state index in [1.165, 1.54) is 49.9 Å². The van der Waals surface area contributed by atoms with Gasteiger partial charge in [0, 0.05) is 60.7 Å². The van der Waals surface area contributed by atoms with Crippen LogP contribution in [0.15, 0.2) is 36.9 Å². The van der Waals surface area contributed by atoms with Gasteiger partial charge in [-0.15, -0.1) is 0 Å². The van der Waals surface area contributed by atoms with Crippen molar-refractivity contribution in [2.75, 3.05) is 50.1 Å². The Morgan fingerprint density at radius 2 is 1.62 bits per heavy atom. The molecule has 3 heterocycles. The molecule has 9 atom stereocenters. The zero-order chi connectivity index (χ0) is 57.5. The first kappa shape index (κ1) is 64.4. The van der Waals surface area contributed by atoms with E-state index in [0.29, 0.717) is 11.3 Å². The maximum absolute atomic E-state index is 12.8. The number of carbonyl (C=O) groups excluding carboxylic acids is 5. The normalized spacial score (nSPS) is 19.5. The molecule has 9 unspecified atom stereocenters. The number of benzene rings is 1. The van der Waals surface area contributed by atoms with E-state index < -0.39 is 131 Å². The van der Waals surface area contributed by atoms with Crippen LogP contribution in [0.1, 0.15) is 44.9 Å². The minimum atomic E-state index is -5.64. The number of nitro groups is 1. The van der Waals surface area contributed by atoms with Gasteiger partial charge >= 0.3 is 29.4 Å². The standard InChI is InChI=1S/C38H56N11O23P3S2/c1-38(2,17-69-75(66,67)72-74(64,65)68-14-24-30(71-73(61,62)63)29(54)36(70-24)48-19-46-28-32(40)44-18-45-33(28)48)31(55)35(57)42-10-9-25(50)41-11-12-77-37(58)22(39)7-8-26(51)47-23(34(56)43-13-27(52)53)16-76-15-20-3-5-21(6-4-20)49(59)60/h3-6,18-19,22-24,29-31,36,54-55H,7-17,39H2,1-2H3,(H,41,50)(H,42,57)(H,43,56)(H,47,51)(H,52,53)(H,64,65)(H,66,67)(H2,40,44,45)(H2,61,62,63). The molecular weight excluding hydrogens is 1140 g/mol. The van der Waals surface area contributed by atoms with Gasteiger partial charge in [-0.25, -0.2) is 28.6 Å². The Labute approximate surface area is 444 Å². The average Bonchev–Trinajstić information content (AvgIpc) is 3.91. The number of aliphatic hydroxyl groups is 2. The summed E-state index contributed by atoms with van der Waals surface area (Å²) in [6, 6.07) is 3.36. The van der Waals surface area contributed by atoms with Crippen molar-refractivity contribution in [3.63, 3.8) is 0 Å². The zero-order valence-corrected chi connectivity index (χ0v) is 44.8. The summed E-state index contributed by atoms with van der Waals surface area (Å²) in [6.45, 7) is -0.819. The van der Waals surface area contributed by atoms with Crippen molar-refractivity contribution in [3.05, 3.63) is 52.6 Å². The van der Waals surface area contributed by atoms with Crippen LogP contribution in [0.5, 0.6) is 0 Å². The average molecular weight is 1190 g/mol. The van der Waals surface area contributed by atoms with E-state index in [2.05, 4.69) is 45.1 Å². The van der Waals surface area contributed by atoms with Crippen LogP contribution in [0.25, 0.3) is 11.2 Å². The zero-order valence-electron chi connectivity index (χ0n) is 40.5. The number of fused-ring (bicyclic) bond motifs is 1. The lowest BCUT2D eigenvalue weighted by Crippen LogP contribution is -2.49. The van der Waals surface area contributed by atoms with Crippen molar-refractivity contribution in [1.29, 1.82) is 0 Å². The number of phosphoric acid groups is 3. The summed E-state index contributed by atoms with van der Waals surface area (Å²) < 4.78 is 62.4. The number of anilines is 1. The number of carboxylic acids is 1. The van der Waals surface area contributed by atoms with Crippen LogP contribution < -0.4 is 32.7 Å². The molecule has 34 nitrogen and oxygen atoms in total. The predicted octanol–water partition coefficient (Wildman–Crippen LogP) is -1.70. The molecule has 0 spiro atoms. The summed E-state index contributed by atoms with van der Waals surface area (Å²) in [5, 5.41) is 50.4. The number of aliphatic carboxylic acids is 1. The Hall–Kier alpha value is -5.10. The van der Waals surface area contributed by atoms with E-state index in [1.807, 2.05) is 0 Å². The third kappa shape index (κ3) is 20.9. The molecule has 15 N–H and O–H groups in total. The number of hydrogen-bond donors (Lipinski definition) is 13. The van der Waals surface area contributed by atoms with Crippen LogP contribution in [-0.2, 0) is 70.8 Å². The van der Waals surface area contributed by atoms with Gasteiger partial charge in [-0.05, 0) is 12.0 Å². The van der Waals surface area contributed by atoms with Crippen molar-refractivity contribution in [2.45, 2.75) is 81.6 Å². The quantitative estimate of drug-likeness (QED) is 0.0143. The van der Waals surface area contributed by atoms with E-state index in [0.717, 1.165) is 29.0 Å². The van der Waals surface area contributed by atoms with Crippen LogP contribution in [0.2, 0.25) is 0 Å². The largest absolute Gasteiger partial charge is 0.481 e. The number of nitrogens with two attached hydrogens (primary N) is 2. The highest BCUT2D eigenvalue weighted by Crippen LogP contribution is 2.61. The minimum Gasteiger partial charge on any atom is -0.480 e. The number of nitrogens with zero attached hydrogens (tertiary/aromatic N) is 5.